The highest BCUT2D eigenvalue weighted by atomic mass is 35.5. The molecule has 0 bridgehead atoms. The zero-order valence-electron chi connectivity index (χ0n) is 10.0. The van der Waals surface area contributed by atoms with Gasteiger partial charge in [0.2, 0.25) is 5.91 Å². The van der Waals surface area contributed by atoms with Crippen molar-refractivity contribution in [3.8, 4) is 0 Å². The normalized spacial score (nSPS) is 19.2. The molecule has 1 aliphatic heterocycles. The highest BCUT2D eigenvalue weighted by Gasteiger charge is 2.20. The van der Waals surface area contributed by atoms with Crippen LogP contribution in [0.2, 0.25) is 0 Å². The second kappa shape index (κ2) is 6.62. The lowest BCUT2D eigenvalue weighted by Gasteiger charge is -2.21. The molecular weight excluding hydrogens is 236 g/mol. The predicted molar refractivity (Wildman–Crippen MR) is 72.7 cm³/mol. The van der Waals surface area contributed by atoms with E-state index in [0.717, 1.165) is 31.6 Å². The van der Waals surface area contributed by atoms with E-state index in [1.165, 1.54) is 5.56 Å². The minimum absolute atomic E-state index is 0. The molecule has 1 heterocycles. The fraction of sp³-hybridized carbons (Fsp3) is 0.462. The lowest BCUT2D eigenvalue weighted by molar-refractivity contribution is -0.120. The molecule has 94 valence electrons. The number of rotatable bonds is 2. The molecule has 2 N–H and O–H groups in total. The summed E-state index contributed by atoms with van der Waals surface area (Å²) in [6.07, 6.45) is 2.08. The van der Waals surface area contributed by atoms with Gasteiger partial charge in [0, 0.05) is 12.2 Å². The number of nitrogens with one attached hydrogen (secondary N) is 2. The van der Waals surface area contributed by atoms with E-state index in [4.69, 9.17) is 0 Å². The molecule has 2 rings (SSSR count). The fourth-order valence-electron chi connectivity index (χ4n) is 2.04. The van der Waals surface area contributed by atoms with Gasteiger partial charge in [0.15, 0.2) is 0 Å². The second-order valence-corrected chi connectivity index (χ2v) is 4.40. The maximum Gasteiger partial charge on any atom is 0.228 e. The molecule has 0 aliphatic carbocycles. The van der Waals surface area contributed by atoms with Gasteiger partial charge in [0.05, 0.1) is 5.92 Å². The van der Waals surface area contributed by atoms with Crippen LogP contribution in [-0.4, -0.2) is 19.0 Å². The predicted octanol–water partition coefficient (Wildman–Crippen LogP) is 2.35. The Kier molecular flexibility index (Phi) is 5.45. The van der Waals surface area contributed by atoms with Crippen molar-refractivity contribution < 1.29 is 4.79 Å². The molecule has 0 spiro atoms. The summed E-state index contributed by atoms with van der Waals surface area (Å²) in [6, 6.07) is 7.91. The van der Waals surface area contributed by atoms with Crippen LogP contribution in [0.15, 0.2) is 24.3 Å². The van der Waals surface area contributed by atoms with Gasteiger partial charge in [-0.25, -0.2) is 0 Å². The number of hydrogen-bond acceptors (Lipinski definition) is 2. The van der Waals surface area contributed by atoms with Crippen molar-refractivity contribution in [3.63, 3.8) is 0 Å². The third-order valence-corrected chi connectivity index (χ3v) is 2.95. The maximum absolute atomic E-state index is 11.9. The van der Waals surface area contributed by atoms with Gasteiger partial charge in [-0.1, -0.05) is 12.1 Å². The number of aryl methyl sites for hydroxylation is 1. The minimum Gasteiger partial charge on any atom is -0.326 e. The summed E-state index contributed by atoms with van der Waals surface area (Å²) in [5.41, 5.74) is 2.06. The molecular formula is C13H19ClN2O. The first-order valence-corrected chi connectivity index (χ1v) is 5.84. The molecule has 1 saturated heterocycles. The Labute approximate surface area is 108 Å². The van der Waals surface area contributed by atoms with Crippen LogP contribution in [0.4, 0.5) is 5.69 Å². The SMILES string of the molecule is Cc1cccc(NC(=O)[C@@H]2CCCNC2)c1.Cl. The maximum atomic E-state index is 11.9. The van der Waals surface area contributed by atoms with Gasteiger partial charge in [0.25, 0.3) is 0 Å². The van der Waals surface area contributed by atoms with Gasteiger partial charge in [-0.05, 0) is 44.0 Å². The Morgan fingerprint density at radius 1 is 1.47 bits per heavy atom. The van der Waals surface area contributed by atoms with E-state index in [9.17, 15) is 4.79 Å². The Balaban J connectivity index is 0.00000144. The average Bonchev–Trinajstić information content (AvgIpc) is 2.30. The number of anilines is 1. The molecule has 3 nitrogen and oxygen atoms in total. The number of piperidine rings is 1. The molecule has 0 radical (unpaired) electrons. The standard InChI is InChI=1S/C13H18N2O.ClH/c1-10-4-2-6-12(8-10)15-13(16)11-5-3-7-14-9-11;/h2,4,6,8,11,14H,3,5,7,9H2,1H3,(H,15,16);1H/t11-;/m1./s1. The van der Waals surface area contributed by atoms with Crippen LogP contribution in [0, 0.1) is 12.8 Å². The smallest absolute Gasteiger partial charge is 0.228 e. The van der Waals surface area contributed by atoms with Gasteiger partial charge in [-0.2, -0.15) is 0 Å². The Bertz CT molecular complexity index is 375. The molecule has 0 saturated carbocycles. The van der Waals surface area contributed by atoms with E-state index >= 15 is 0 Å². The molecule has 17 heavy (non-hydrogen) atoms. The number of amides is 1. The van der Waals surface area contributed by atoms with Crippen molar-refractivity contribution in [2.45, 2.75) is 19.8 Å². The lowest BCUT2D eigenvalue weighted by Crippen LogP contribution is -2.37. The van der Waals surface area contributed by atoms with Crippen LogP contribution in [0.25, 0.3) is 0 Å². The largest absolute Gasteiger partial charge is 0.326 e. The molecule has 0 aromatic heterocycles. The average molecular weight is 255 g/mol. The van der Waals surface area contributed by atoms with Crippen LogP contribution in [0.5, 0.6) is 0 Å². The Hall–Kier alpha value is -1.06. The van der Waals surface area contributed by atoms with Gasteiger partial charge in [0.1, 0.15) is 0 Å². The molecule has 1 fully saturated rings. The number of benzene rings is 1. The highest BCUT2D eigenvalue weighted by Crippen LogP contribution is 2.15. The van der Waals surface area contributed by atoms with Gasteiger partial charge < -0.3 is 10.6 Å². The zero-order chi connectivity index (χ0) is 11.4. The van der Waals surface area contributed by atoms with E-state index in [1.54, 1.807) is 0 Å². The third kappa shape index (κ3) is 4.02. The van der Waals surface area contributed by atoms with E-state index in [0.29, 0.717) is 0 Å². The third-order valence-electron chi connectivity index (χ3n) is 2.95. The molecule has 4 heteroatoms. The van der Waals surface area contributed by atoms with Gasteiger partial charge in [-0.3, -0.25) is 4.79 Å². The second-order valence-electron chi connectivity index (χ2n) is 4.40. The van der Waals surface area contributed by atoms with E-state index in [1.807, 2.05) is 31.2 Å². The number of carbonyl (C=O) groups is 1. The highest BCUT2D eigenvalue weighted by molar-refractivity contribution is 5.92. The number of hydrogen-bond donors (Lipinski definition) is 2. The van der Waals surface area contributed by atoms with Crippen molar-refractivity contribution >= 4 is 24.0 Å². The van der Waals surface area contributed by atoms with Crippen LogP contribution < -0.4 is 10.6 Å². The molecule has 1 atom stereocenters. The summed E-state index contributed by atoms with van der Waals surface area (Å²) < 4.78 is 0. The van der Waals surface area contributed by atoms with E-state index in [2.05, 4.69) is 10.6 Å². The zero-order valence-corrected chi connectivity index (χ0v) is 10.8. The van der Waals surface area contributed by atoms with E-state index in [-0.39, 0.29) is 24.2 Å². The van der Waals surface area contributed by atoms with E-state index < -0.39 is 0 Å². The first kappa shape index (κ1) is 14.0. The number of halogens is 1. The lowest BCUT2D eigenvalue weighted by atomic mass is 9.99. The summed E-state index contributed by atoms with van der Waals surface area (Å²) >= 11 is 0. The van der Waals surface area contributed by atoms with Gasteiger partial charge in [-0.15, -0.1) is 12.4 Å². The first-order chi connectivity index (χ1) is 7.75. The summed E-state index contributed by atoms with van der Waals surface area (Å²) in [5, 5.41) is 6.23. The van der Waals surface area contributed by atoms with Crippen LogP contribution in [0.3, 0.4) is 0 Å². The first-order valence-electron chi connectivity index (χ1n) is 5.84. The fourth-order valence-corrected chi connectivity index (χ4v) is 2.04. The summed E-state index contributed by atoms with van der Waals surface area (Å²) in [4.78, 5) is 11.9. The van der Waals surface area contributed by atoms with Crippen LogP contribution >= 0.6 is 12.4 Å². The van der Waals surface area contributed by atoms with Crippen molar-refractivity contribution in [1.82, 2.24) is 5.32 Å². The summed E-state index contributed by atoms with van der Waals surface area (Å²) in [7, 11) is 0. The monoisotopic (exact) mass is 254 g/mol. The van der Waals surface area contributed by atoms with Crippen molar-refractivity contribution in [1.29, 1.82) is 0 Å². The summed E-state index contributed by atoms with van der Waals surface area (Å²) in [6.45, 7) is 3.86. The quantitative estimate of drug-likeness (QED) is 0.851. The molecule has 1 aliphatic rings. The van der Waals surface area contributed by atoms with Crippen molar-refractivity contribution in [2.24, 2.45) is 5.92 Å². The number of carbonyl (C=O) groups excluding carboxylic acids is 1. The Morgan fingerprint density at radius 2 is 2.29 bits per heavy atom. The van der Waals surface area contributed by atoms with Crippen LogP contribution in [0.1, 0.15) is 18.4 Å². The molecule has 0 unspecified atom stereocenters. The Morgan fingerprint density at radius 3 is 2.94 bits per heavy atom. The molecule has 1 aromatic carbocycles. The topological polar surface area (TPSA) is 41.1 Å². The van der Waals surface area contributed by atoms with Gasteiger partial charge >= 0.3 is 0 Å². The van der Waals surface area contributed by atoms with Crippen molar-refractivity contribution in [3.05, 3.63) is 29.8 Å². The minimum atomic E-state index is 0. The van der Waals surface area contributed by atoms with Crippen LogP contribution in [-0.2, 0) is 4.79 Å². The molecule has 1 amide bonds. The molecule has 1 aromatic rings. The summed E-state index contributed by atoms with van der Waals surface area (Å²) in [5.74, 6) is 0.257. The van der Waals surface area contributed by atoms with Crippen molar-refractivity contribution in [2.75, 3.05) is 18.4 Å².